The van der Waals surface area contributed by atoms with Crippen molar-refractivity contribution in [3.63, 3.8) is 0 Å². The lowest BCUT2D eigenvalue weighted by Gasteiger charge is -1.88. The van der Waals surface area contributed by atoms with Gasteiger partial charge in [-0.1, -0.05) is 0 Å². The second kappa shape index (κ2) is 2.64. The van der Waals surface area contributed by atoms with E-state index in [-0.39, 0.29) is 5.76 Å². The molecule has 0 aliphatic heterocycles. The highest BCUT2D eigenvalue weighted by atomic mass is 32.1. The monoisotopic (exact) mass is 221 g/mol. The van der Waals surface area contributed by atoms with Crippen molar-refractivity contribution < 1.29 is 14.3 Å². The van der Waals surface area contributed by atoms with Gasteiger partial charge in [0.15, 0.2) is 5.58 Å². The molecule has 3 aromatic rings. The van der Waals surface area contributed by atoms with Crippen LogP contribution in [0, 0.1) is 6.92 Å². The van der Waals surface area contributed by atoms with E-state index in [0.717, 1.165) is 15.7 Å². The molecule has 0 aromatic carbocycles. The first-order valence-corrected chi connectivity index (χ1v) is 5.28. The minimum Gasteiger partial charge on any atom is -0.475 e. The molecule has 0 spiro atoms. The van der Waals surface area contributed by atoms with Crippen molar-refractivity contribution >= 4 is 38.6 Å². The standard InChI is InChI=1S/C10H7NO3S/c1-4-6-8(14-7(4)10(12)13)5-2-3-15-9(5)11-6/h2-3,11H,1H3,(H,12,13). The van der Waals surface area contributed by atoms with Crippen LogP contribution in [0.5, 0.6) is 0 Å². The van der Waals surface area contributed by atoms with Gasteiger partial charge in [0.1, 0.15) is 4.83 Å². The number of H-pyrrole nitrogens is 1. The van der Waals surface area contributed by atoms with Gasteiger partial charge in [-0.2, -0.15) is 0 Å². The molecule has 0 atom stereocenters. The minimum atomic E-state index is -1.03. The topological polar surface area (TPSA) is 66.2 Å². The molecule has 5 heteroatoms. The average molecular weight is 221 g/mol. The normalized spacial score (nSPS) is 11.5. The van der Waals surface area contributed by atoms with Gasteiger partial charge in [-0.05, 0) is 18.4 Å². The molecule has 0 bridgehead atoms. The van der Waals surface area contributed by atoms with E-state index in [9.17, 15) is 4.79 Å². The summed E-state index contributed by atoms with van der Waals surface area (Å²) in [5, 5.41) is 11.8. The second-order valence-corrected chi connectivity index (χ2v) is 4.27. The molecule has 3 rings (SSSR count). The van der Waals surface area contributed by atoms with E-state index in [1.165, 1.54) is 0 Å². The average Bonchev–Trinajstić information content (AvgIpc) is 2.77. The minimum absolute atomic E-state index is 0.0179. The molecule has 3 aromatic heterocycles. The van der Waals surface area contributed by atoms with Gasteiger partial charge < -0.3 is 14.5 Å². The fourth-order valence-corrected chi connectivity index (χ4v) is 2.54. The maximum absolute atomic E-state index is 10.9. The Labute approximate surface area is 88.1 Å². The number of nitrogens with one attached hydrogen (secondary N) is 1. The van der Waals surface area contributed by atoms with Crippen LogP contribution >= 0.6 is 11.3 Å². The van der Waals surface area contributed by atoms with Crippen LogP contribution in [0.4, 0.5) is 0 Å². The van der Waals surface area contributed by atoms with Crippen LogP contribution in [0.15, 0.2) is 15.9 Å². The lowest BCUT2D eigenvalue weighted by molar-refractivity contribution is 0.0664. The van der Waals surface area contributed by atoms with E-state index in [0.29, 0.717) is 11.1 Å². The van der Waals surface area contributed by atoms with Crippen LogP contribution in [-0.4, -0.2) is 16.1 Å². The Balaban J connectivity index is 2.49. The van der Waals surface area contributed by atoms with Gasteiger partial charge in [0, 0.05) is 5.56 Å². The number of aromatic amines is 1. The predicted molar refractivity (Wildman–Crippen MR) is 57.6 cm³/mol. The number of rotatable bonds is 1. The van der Waals surface area contributed by atoms with Gasteiger partial charge in [0.25, 0.3) is 0 Å². The van der Waals surface area contributed by atoms with Gasteiger partial charge in [0.05, 0.1) is 10.9 Å². The summed E-state index contributed by atoms with van der Waals surface area (Å²) in [5.41, 5.74) is 2.08. The summed E-state index contributed by atoms with van der Waals surface area (Å²) in [5.74, 6) is -1.01. The molecule has 0 aliphatic rings. The Hall–Kier alpha value is -1.75. The van der Waals surface area contributed by atoms with E-state index in [1.807, 2.05) is 11.4 Å². The highest BCUT2D eigenvalue weighted by Crippen LogP contribution is 2.34. The summed E-state index contributed by atoms with van der Waals surface area (Å²) in [6, 6.07) is 1.92. The van der Waals surface area contributed by atoms with Crippen molar-refractivity contribution in [1.29, 1.82) is 0 Å². The fourth-order valence-electron chi connectivity index (χ4n) is 1.76. The summed E-state index contributed by atoms with van der Waals surface area (Å²) in [4.78, 5) is 15.0. The fraction of sp³-hybridized carbons (Fsp3) is 0.100. The van der Waals surface area contributed by atoms with Gasteiger partial charge in [-0.25, -0.2) is 4.79 Å². The van der Waals surface area contributed by atoms with Crippen molar-refractivity contribution in [2.75, 3.05) is 0 Å². The molecule has 0 amide bonds. The van der Waals surface area contributed by atoms with E-state index in [4.69, 9.17) is 9.52 Å². The van der Waals surface area contributed by atoms with Crippen molar-refractivity contribution in [2.24, 2.45) is 0 Å². The molecule has 0 saturated heterocycles. The first kappa shape index (κ1) is 8.55. The second-order valence-electron chi connectivity index (χ2n) is 3.35. The largest absolute Gasteiger partial charge is 0.475 e. The Kier molecular flexibility index (Phi) is 1.50. The van der Waals surface area contributed by atoms with Crippen LogP contribution < -0.4 is 0 Å². The number of hydrogen-bond acceptors (Lipinski definition) is 3. The van der Waals surface area contributed by atoms with Crippen LogP contribution in [0.2, 0.25) is 0 Å². The lowest BCUT2D eigenvalue weighted by Crippen LogP contribution is -1.95. The number of aryl methyl sites for hydroxylation is 1. The van der Waals surface area contributed by atoms with Crippen molar-refractivity contribution in [3.05, 3.63) is 22.8 Å². The number of carboxylic acid groups (broad SMARTS) is 1. The molecule has 3 heterocycles. The Bertz CT molecular complexity index is 673. The van der Waals surface area contributed by atoms with E-state index >= 15 is 0 Å². The third kappa shape index (κ3) is 0.979. The van der Waals surface area contributed by atoms with Gasteiger partial charge in [-0.3, -0.25) is 0 Å². The van der Waals surface area contributed by atoms with E-state index < -0.39 is 5.97 Å². The van der Waals surface area contributed by atoms with Crippen LogP contribution in [0.25, 0.3) is 21.3 Å². The summed E-state index contributed by atoms with van der Waals surface area (Å²) >= 11 is 1.58. The number of carboxylic acids is 1. The highest BCUT2D eigenvalue weighted by Gasteiger charge is 2.20. The third-order valence-electron chi connectivity index (χ3n) is 2.49. The number of aromatic carboxylic acids is 1. The molecule has 0 unspecified atom stereocenters. The number of furan rings is 1. The molecule has 0 aliphatic carbocycles. The van der Waals surface area contributed by atoms with Crippen molar-refractivity contribution in [2.45, 2.75) is 6.92 Å². The Morgan fingerprint density at radius 3 is 3.13 bits per heavy atom. The number of fused-ring (bicyclic) bond motifs is 3. The molecular weight excluding hydrogens is 214 g/mol. The zero-order valence-corrected chi connectivity index (χ0v) is 8.64. The quantitative estimate of drug-likeness (QED) is 0.663. The van der Waals surface area contributed by atoms with Gasteiger partial charge >= 0.3 is 5.97 Å². The number of thiophene rings is 1. The van der Waals surface area contributed by atoms with Crippen molar-refractivity contribution in [3.8, 4) is 0 Å². The van der Waals surface area contributed by atoms with Gasteiger partial charge in [0.2, 0.25) is 5.76 Å². The van der Waals surface area contributed by atoms with Crippen LogP contribution in [-0.2, 0) is 0 Å². The number of carbonyl (C=O) groups is 1. The maximum atomic E-state index is 10.9. The molecule has 4 nitrogen and oxygen atoms in total. The van der Waals surface area contributed by atoms with Crippen LogP contribution in [0.1, 0.15) is 16.1 Å². The first-order valence-electron chi connectivity index (χ1n) is 4.40. The zero-order chi connectivity index (χ0) is 10.6. The summed E-state index contributed by atoms with van der Waals surface area (Å²) in [6.07, 6.45) is 0. The smallest absolute Gasteiger partial charge is 0.372 e. The lowest BCUT2D eigenvalue weighted by atomic mass is 10.2. The Morgan fingerprint density at radius 2 is 2.40 bits per heavy atom. The zero-order valence-electron chi connectivity index (χ0n) is 7.83. The number of hydrogen-bond donors (Lipinski definition) is 2. The maximum Gasteiger partial charge on any atom is 0.372 e. The Morgan fingerprint density at radius 1 is 1.60 bits per heavy atom. The van der Waals surface area contributed by atoms with Crippen molar-refractivity contribution in [1.82, 2.24) is 4.98 Å². The summed E-state index contributed by atoms with van der Waals surface area (Å²) in [6.45, 7) is 1.75. The molecule has 0 saturated carbocycles. The molecule has 2 N–H and O–H groups in total. The molecule has 76 valence electrons. The molecule has 15 heavy (non-hydrogen) atoms. The molecule has 0 fully saturated rings. The SMILES string of the molecule is Cc1c(C(=O)O)oc2c1[nH]c1sccc12. The number of aromatic nitrogens is 1. The predicted octanol–water partition coefficient (Wildman–Crippen LogP) is 2.98. The van der Waals surface area contributed by atoms with Crippen LogP contribution in [0.3, 0.4) is 0 Å². The molecule has 0 radical (unpaired) electrons. The van der Waals surface area contributed by atoms with E-state index in [2.05, 4.69) is 4.98 Å². The molecular formula is C10H7NO3S. The summed E-state index contributed by atoms with van der Waals surface area (Å²) in [7, 11) is 0. The highest BCUT2D eigenvalue weighted by molar-refractivity contribution is 7.17. The van der Waals surface area contributed by atoms with Gasteiger partial charge in [-0.15, -0.1) is 11.3 Å². The summed E-state index contributed by atoms with van der Waals surface area (Å²) < 4.78 is 5.35. The third-order valence-corrected chi connectivity index (χ3v) is 3.32. The first-order chi connectivity index (χ1) is 7.18. The van der Waals surface area contributed by atoms with E-state index in [1.54, 1.807) is 18.3 Å².